The number of nitrogens with zero attached hydrogens (tertiary/aromatic N) is 2. The van der Waals surface area contributed by atoms with Crippen LogP contribution < -0.4 is 0 Å². The van der Waals surface area contributed by atoms with Crippen LogP contribution in [0.1, 0.15) is 46.5 Å². The number of amides is 1. The van der Waals surface area contributed by atoms with Crippen molar-refractivity contribution in [3.05, 3.63) is 0 Å². The number of carbonyl (C=O) groups is 1. The molecule has 4 heteroatoms. The van der Waals surface area contributed by atoms with Crippen molar-refractivity contribution >= 4 is 5.91 Å². The van der Waals surface area contributed by atoms with Crippen molar-refractivity contribution < 1.29 is 9.53 Å². The zero-order valence-electron chi connectivity index (χ0n) is 13.5. The summed E-state index contributed by atoms with van der Waals surface area (Å²) < 4.78 is 5.95. The summed E-state index contributed by atoms with van der Waals surface area (Å²) in [6, 6.07) is 0.680. The van der Waals surface area contributed by atoms with E-state index >= 15 is 0 Å². The molecule has 0 unspecified atom stereocenters. The smallest absolute Gasteiger partial charge is 0.248 e. The number of likely N-dealkylation sites (N-methyl/N-ethyl adjacent to an activating group) is 1. The SMILES string of the molecule is CCN1CC2(CCC(N(C)CC(C)C)CC2)OCC1=O. The summed E-state index contributed by atoms with van der Waals surface area (Å²) in [6.45, 7) is 9.65. The second kappa shape index (κ2) is 6.44. The van der Waals surface area contributed by atoms with E-state index in [1.54, 1.807) is 0 Å². The molecule has 1 heterocycles. The van der Waals surface area contributed by atoms with Crippen LogP contribution in [0.5, 0.6) is 0 Å². The first-order valence-electron chi connectivity index (χ1n) is 8.08. The van der Waals surface area contributed by atoms with Crippen molar-refractivity contribution in [2.24, 2.45) is 5.92 Å². The highest BCUT2D eigenvalue weighted by molar-refractivity contribution is 5.78. The Balaban J connectivity index is 1.88. The van der Waals surface area contributed by atoms with Gasteiger partial charge in [0.15, 0.2) is 0 Å². The van der Waals surface area contributed by atoms with E-state index in [1.807, 2.05) is 4.90 Å². The Morgan fingerprint density at radius 2 is 2.05 bits per heavy atom. The van der Waals surface area contributed by atoms with E-state index < -0.39 is 0 Å². The zero-order valence-corrected chi connectivity index (χ0v) is 13.5. The fourth-order valence-corrected chi connectivity index (χ4v) is 3.67. The van der Waals surface area contributed by atoms with Gasteiger partial charge in [0.1, 0.15) is 6.61 Å². The van der Waals surface area contributed by atoms with Gasteiger partial charge in [0.2, 0.25) is 5.91 Å². The Kier molecular flexibility index (Phi) is 5.08. The molecule has 1 saturated carbocycles. The highest BCUT2D eigenvalue weighted by Gasteiger charge is 2.42. The van der Waals surface area contributed by atoms with Crippen LogP contribution in [0.3, 0.4) is 0 Å². The van der Waals surface area contributed by atoms with E-state index in [0.29, 0.717) is 6.04 Å². The fourth-order valence-electron chi connectivity index (χ4n) is 3.67. The molecule has 4 nitrogen and oxygen atoms in total. The van der Waals surface area contributed by atoms with Gasteiger partial charge < -0.3 is 14.5 Å². The molecule has 1 amide bonds. The van der Waals surface area contributed by atoms with Gasteiger partial charge in [0.25, 0.3) is 0 Å². The standard InChI is InChI=1S/C16H30N2O2/c1-5-18-12-16(20-11-15(18)19)8-6-14(7-9-16)17(4)10-13(2)3/h13-14H,5-12H2,1-4H3. The molecule has 0 aromatic carbocycles. The summed E-state index contributed by atoms with van der Waals surface area (Å²) in [5.74, 6) is 0.868. The van der Waals surface area contributed by atoms with Gasteiger partial charge in [-0.25, -0.2) is 0 Å². The van der Waals surface area contributed by atoms with Crippen molar-refractivity contribution in [3.8, 4) is 0 Å². The molecule has 2 fully saturated rings. The third kappa shape index (κ3) is 3.53. The summed E-state index contributed by atoms with van der Waals surface area (Å²) >= 11 is 0. The molecule has 0 aromatic heterocycles. The number of hydrogen-bond donors (Lipinski definition) is 0. The Bertz CT molecular complexity index is 335. The van der Waals surface area contributed by atoms with E-state index in [2.05, 4.69) is 32.7 Å². The first-order chi connectivity index (χ1) is 9.46. The van der Waals surface area contributed by atoms with Crippen LogP contribution in [0.4, 0.5) is 0 Å². The Labute approximate surface area is 123 Å². The number of hydrogen-bond acceptors (Lipinski definition) is 3. The molecule has 1 spiro atoms. The van der Waals surface area contributed by atoms with Crippen LogP contribution in [0.2, 0.25) is 0 Å². The van der Waals surface area contributed by atoms with Gasteiger partial charge in [0, 0.05) is 25.7 Å². The van der Waals surface area contributed by atoms with Crippen molar-refractivity contribution in [1.29, 1.82) is 0 Å². The van der Waals surface area contributed by atoms with Gasteiger partial charge in [-0.1, -0.05) is 13.8 Å². The lowest BCUT2D eigenvalue weighted by molar-refractivity contribution is -0.170. The second-order valence-electron chi connectivity index (χ2n) is 6.94. The lowest BCUT2D eigenvalue weighted by Gasteiger charge is -2.47. The second-order valence-corrected chi connectivity index (χ2v) is 6.94. The molecule has 1 saturated heterocycles. The van der Waals surface area contributed by atoms with Gasteiger partial charge in [-0.15, -0.1) is 0 Å². The normalized spacial score (nSPS) is 31.6. The van der Waals surface area contributed by atoms with Crippen LogP contribution in [0.15, 0.2) is 0 Å². The van der Waals surface area contributed by atoms with Crippen LogP contribution >= 0.6 is 0 Å². The van der Waals surface area contributed by atoms with Gasteiger partial charge >= 0.3 is 0 Å². The highest BCUT2D eigenvalue weighted by Crippen LogP contribution is 2.36. The summed E-state index contributed by atoms with van der Waals surface area (Å²) in [7, 11) is 2.24. The maximum Gasteiger partial charge on any atom is 0.248 e. The predicted octanol–water partition coefficient (Wildman–Crippen LogP) is 2.13. The Hall–Kier alpha value is -0.610. The number of rotatable bonds is 4. The molecular formula is C16H30N2O2. The van der Waals surface area contributed by atoms with Crippen LogP contribution in [-0.2, 0) is 9.53 Å². The molecule has 1 aliphatic carbocycles. The molecule has 116 valence electrons. The summed E-state index contributed by atoms with van der Waals surface area (Å²) in [6.07, 6.45) is 4.55. The van der Waals surface area contributed by atoms with Gasteiger partial charge in [-0.05, 0) is 45.6 Å². The van der Waals surface area contributed by atoms with Gasteiger partial charge in [0.05, 0.1) is 5.60 Å². The third-order valence-electron chi connectivity index (χ3n) is 4.86. The number of carbonyl (C=O) groups excluding carboxylic acids is 1. The van der Waals surface area contributed by atoms with E-state index in [1.165, 1.54) is 12.8 Å². The topological polar surface area (TPSA) is 32.8 Å². The maximum absolute atomic E-state index is 11.7. The van der Waals surface area contributed by atoms with E-state index in [-0.39, 0.29) is 18.1 Å². The summed E-state index contributed by atoms with van der Waals surface area (Å²) in [5.41, 5.74) is -0.0565. The van der Waals surface area contributed by atoms with Gasteiger partial charge in [-0.2, -0.15) is 0 Å². The average molecular weight is 282 g/mol. The Morgan fingerprint density at radius 3 is 2.60 bits per heavy atom. The molecular weight excluding hydrogens is 252 g/mol. The summed E-state index contributed by atoms with van der Waals surface area (Å²) in [4.78, 5) is 16.2. The maximum atomic E-state index is 11.7. The first-order valence-corrected chi connectivity index (χ1v) is 8.08. The molecule has 0 radical (unpaired) electrons. The molecule has 0 aromatic rings. The lowest BCUT2D eigenvalue weighted by Crippen LogP contribution is -2.57. The molecule has 0 N–H and O–H groups in total. The summed E-state index contributed by atoms with van der Waals surface area (Å²) in [5, 5.41) is 0. The molecule has 2 aliphatic rings. The fraction of sp³-hybridized carbons (Fsp3) is 0.938. The molecule has 20 heavy (non-hydrogen) atoms. The number of ether oxygens (including phenoxy) is 1. The van der Waals surface area contributed by atoms with Crippen LogP contribution in [-0.4, -0.2) is 60.6 Å². The third-order valence-corrected chi connectivity index (χ3v) is 4.86. The largest absolute Gasteiger partial charge is 0.363 e. The van der Waals surface area contributed by atoms with Crippen molar-refractivity contribution in [2.75, 3.05) is 33.3 Å². The van der Waals surface area contributed by atoms with Gasteiger partial charge in [-0.3, -0.25) is 4.79 Å². The average Bonchev–Trinajstić information content (AvgIpc) is 2.42. The molecule has 0 bridgehead atoms. The molecule has 1 aliphatic heterocycles. The monoisotopic (exact) mass is 282 g/mol. The lowest BCUT2D eigenvalue weighted by atomic mass is 9.80. The minimum absolute atomic E-state index is 0.0565. The van der Waals surface area contributed by atoms with Crippen molar-refractivity contribution in [2.45, 2.75) is 58.1 Å². The zero-order chi connectivity index (χ0) is 14.8. The minimum atomic E-state index is -0.0565. The van der Waals surface area contributed by atoms with E-state index in [4.69, 9.17) is 4.74 Å². The van der Waals surface area contributed by atoms with Crippen LogP contribution in [0, 0.1) is 5.92 Å². The highest BCUT2D eigenvalue weighted by atomic mass is 16.5. The van der Waals surface area contributed by atoms with Crippen LogP contribution in [0.25, 0.3) is 0 Å². The minimum Gasteiger partial charge on any atom is -0.363 e. The number of morpholine rings is 1. The predicted molar refractivity (Wildman–Crippen MR) is 80.7 cm³/mol. The van der Waals surface area contributed by atoms with E-state index in [0.717, 1.165) is 38.4 Å². The van der Waals surface area contributed by atoms with Crippen molar-refractivity contribution in [1.82, 2.24) is 9.80 Å². The Morgan fingerprint density at radius 1 is 1.40 bits per heavy atom. The van der Waals surface area contributed by atoms with Crippen molar-refractivity contribution in [3.63, 3.8) is 0 Å². The molecule has 0 atom stereocenters. The van der Waals surface area contributed by atoms with E-state index in [9.17, 15) is 4.79 Å². The quantitative estimate of drug-likeness (QED) is 0.792. The molecule has 2 rings (SSSR count). The first kappa shape index (κ1) is 15.8.